The molecule has 2 N–H and O–H groups in total. The van der Waals surface area contributed by atoms with E-state index in [1.54, 1.807) is 11.8 Å². The molecule has 0 aromatic heterocycles. The highest BCUT2D eigenvalue weighted by atomic mass is 32.2. The van der Waals surface area contributed by atoms with Gasteiger partial charge in [0.05, 0.1) is 5.92 Å². The zero-order valence-electron chi connectivity index (χ0n) is 9.50. The van der Waals surface area contributed by atoms with Gasteiger partial charge in [0.1, 0.15) is 0 Å². The van der Waals surface area contributed by atoms with Crippen LogP contribution < -0.4 is 5.73 Å². The fourth-order valence-electron chi connectivity index (χ4n) is 1.87. The Bertz CT molecular complexity index is 451. The summed E-state index contributed by atoms with van der Waals surface area (Å²) in [6.45, 7) is 0. The third kappa shape index (κ3) is 3.24. The molecule has 1 aliphatic heterocycles. The van der Waals surface area contributed by atoms with Gasteiger partial charge in [-0.05, 0) is 23.0 Å². The summed E-state index contributed by atoms with van der Waals surface area (Å²) in [6, 6.07) is 9.73. The Kier molecular flexibility index (Phi) is 4.04. The number of primary amides is 1. The Labute approximate surface area is 106 Å². The molecule has 1 heterocycles. The van der Waals surface area contributed by atoms with E-state index in [2.05, 4.69) is 17.6 Å². The molecule has 0 spiro atoms. The minimum absolute atomic E-state index is 0.227. The second-order valence-electron chi connectivity index (χ2n) is 3.98. The Morgan fingerprint density at radius 2 is 2.12 bits per heavy atom. The summed E-state index contributed by atoms with van der Waals surface area (Å²) in [5.41, 5.74) is 7.67. The maximum Gasteiger partial charge on any atom is 0.225 e. The largest absolute Gasteiger partial charge is 0.369 e. The first-order chi connectivity index (χ1) is 8.27. The molecule has 0 fully saturated rings. The average molecular weight is 245 g/mol. The van der Waals surface area contributed by atoms with Gasteiger partial charge in [0.2, 0.25) is 5.91 Å². The van der Waals surface area contributed by atoms with Crippen LogP contribution in [-0.2, 0) is 4.79 Å². The van der Waals surface area contributed by atoms with Gasteiger partial charge in [-0.2, -0.15) is 0 Å². The van der Waals surface area contributed by atoms with Crippen molar-refractivity contribution in [2.45, 2.75) is 12.3 Å². The quantitative estimate of drug-likeness (QED) is 0.886. The van der Waals surface area contributed by atoms with E-state index in [0.29, 0.717) is 6.42 Å². The second-order valence-corrected chi connectivity index (χ2v) is 4.92. The van der Waals surface area contributed by atoms with E-state index in [1.165, 1.54) is 5.57 Å². The van der Waals surface area contributed by atoms with Crippen molar-refractivity contribution < 1.29 is 4.79 Å². The van der Waals surface area contributed by atoms with E-state index in [0.717, 1.165) is 11.3 Å². The lowest BCUT2D eigenvalue weighted by molar-refractivity contribution is -0.119. The summed E-state index contributed by atoms with van der Waals surface area (Å²) in [4.78, 5) is 11.5. The minimum Gasteiger partial charge on any atom is -0.369 e. The third-order valence-electron chi connectivity index (χ3n) is 2.81. The molecule has 0 bridgehead atoms. The van der Waals surface area contributed by atoms with Gasteiger partial charge in [0.25, 0.3) is 0 Å². The Hall–Kier alpha value is -1.48. The number of amides is 1. The van der Waals surface area contributed by atoms with Crippen LogP contribution in [0.1, 0.15) is 17.9 Å². The summed E-state index contributed by atoms with van der Waals surface area (Å²) in [6.07, 6.45) is 4.91. The van der Waals surface area contributed by atoms with Crippen LogP contribution >= 0.6 is 11.8 Å². The fourth-order valence-corrected chi connectivity index (χ4v) is 2.56. The van der Waals surface area contributed by atoms with Crippen LogP contribution in [0.4, 0.5) is 0 Å². The number of thioether (sulfide) groups is 1. The summed E-state index contributed by atoms with van der Waals surface area (Å²) in [5.74, 6) is 0.491. The monoisotopic (exact) mass is 245 g/mol. The van der Waals surface area contributed by atoms with Crippen LogP contribution in [0.15, 0.2) is 53.5 Å². The Balaban J connectivity index is 2.16. The lowest BCUT2D eigenvalue weighted by Gasteiger charge is -2.15. The lowest BCUT2D eigenvalue weighted by Crippen LogP contribution is -2.21. The van der Waals surface area contributed by atoms with Gasteiger partial charge in [0.15, 0.2) is 0 Å². The Morgan fingerprint density at radius 3 is 2.71 bits per heavy atom. The minimum atomic E-state index is -0.260. The van der Waals surface area contributed by atoms with Gasteiger partial charge < -0.3 is 5.73 Å². The molecule has 0 saturated heterocycles. The van der Waals surface area contributed by atoms with Crippen molar-refractivity contribution in [3.63, 3.8) is 0 Å². The number of carbonyl (C=O) groups excluding carboxylic acids is 1. The van der Waals surface area contributed by atoms with E-state index in [-0.39, 0.29) is 11.8 Å². The second kappa shape index (κ2) is 5.73. The molecule has 2 rings (SSSR count). The maximum atomic E-state index is 11.5. The Morgan fingerprint density at radius 1 is 1.35 bits per heavy atom. The number of carbonyl (C=O) groups is 1. The summed E-state index contributed by atoms with van der Waals surface area (Å²) < 4.78 is 0. The van der Waals surface area contributed by atoms with Crippen LogP contribution in [0.2, 0.25) is 0 Å². The molecule has 3 heteroatoms. The first-order valence-corrected chi connectivity index (χ1v) is 6.63. The van der Waals surface area contributed by atoms with E-state index >= 15 is 0 Å². The molecular weight excluding hydrogens is 230 g/mol. The number of nitrogens with two attached hydrogens (primary N) is 1. The summed E-state index contributed by atoms with van der Waals surface area (Å²) in [5, 5.41) is 2.07. The molecule has 0 aliphatic carbocycles. The van der Waals surface area contributed by atoms with Crippen molar-refractivity contribution >= 4 is 17.7 Å². The van der Waals surface area contributed by atoms with E-state index in [9.17, 15) is 4.79 Å². The number of rotatable bonds is 4. The van der Waals surface area contributed by atoms with E-state index in [4.69, 9.17) is 5.73 Å². The van der Waals surface area contributed by atoms with Crippen LogP contribution in [0.5, 0.6) is 0 Å². The highest BCUT2D eigenvalue weighted by Gasteiger charge is 2.18. The van der Waals surface area contributed by atoms with Gasteiger partial charge in [0, 0.05) is 5.75 Å². The molecule has 1 amide bonds. The third-order valence-corrected chi connectivity index (χ3v) is 3.49. The number of allylic oxidation sites excluding steroid dienone is 2. The normalized spacial score (nSPS) is 16.4. The molecule has 0 radical (unpaired) electrons. The number of benzene rings is 1. The molecular formula is C14H15NOS. The highest BCUT2D eigenvalue weighted by Crippen LogP contribution is 2.26. The first-order valence-electron chi connectivity index (χ1n) is 5.59. The molecule has 1 unspecified atom stereocenters. The zero-order valence-corrected chi connectivity index (χ0v) is 10.3. The SMILES string of the molecule is NC(=O)C(CC1=CCSC=C1)c1ccccc1. The summed E-state index contributed by atoms with van der Waals surface area (Å²) in [7, 11) is 0. The van der Waals surface area contributed by atoms with Crippen molar-refractivity contribution in [2.24, 2.45) is 5.73 Å². The smallest absolute Gasteiger partial charge is 0.225 e. The van der Waals surface area contributed by atoms with Gasteiger partial charge in [-0.15, -0.1) is 11.8 Å². The lowest BCUT2D eigenvalue weighted by atomic mass is 9.91. The van der Waals surface area contributed by atoms with Gasteiger partial charge in [-0.25, -0.2) is 0 Å². The van der Waals surface area contributed by atoms with Crippen LogP contribution in [-0.4, -0.2) is 11.7 Å². The molecule has 17 heavy (non-hydrogen) atoms. The average Bonchev–Trinajstić information content (AvgIpc) is 2.38. The predicted molar refractivity (Wildman–Crippen MR) is 72.7 cm³/mol. The van der Waals surface area contributed by atoms with Crippen LogP contribution in [0.3, 0.4) is 0 Å². The van der Waals surface area contributed by atoms with Crippen LogP contribution in [0, 0.1) is 0 Å². The van der Waals surface area contributed by atoms with Crippen molar-refractivity contribution in [3.8, 4) is 0 Å². The highest BCUT2D eigenvalue weighted by molar-refractivity contribution is 8.02. The molecule has 2 nitrogen and oxygen atoms in total. The standard InChI is InChI=1S/C14H15NOS/c15-14(16)13(12-4-2-1-3-5-12)10-11-6-8-17-9-7-11/h1-8,13H,9-10H2,(H2,15,16). The molecule has 1 aliphatic rings. The maximum absolute atomic E-state index is 11.5. The molecule has 1 aromatic carbocycles. The topological polar surface area (TPSA) is 43.1 Å². The van der Waals surface area contributed by atoms with Crippen LogP contribution in [0.25, 0.3) is 0 Å². The number of hydrogen-bond donors (Lipinski definition) is 1. The predicted octanol–water partition coefficient (Wildman–Crippen LogP) is 2.83. The van der Waals surface area contributed by atoms with E-state index in [1.807, 2.05) is 30.3 Å². The van der Waals surface area contributed by atoms with Crippen molar-refractivity contribution in [3.05, 3.63) is 59.0 Å². The van der Waals surface area contributed by atoms with Gasteiger partial charge >= 0.3 is 0 Å². The summed E-state index contributed by atoms with van der Waals surface area (Å²) >= 11 is 1.76. The molecule has 1 atom stereocenters. The van der Waals surface area contributed by atoms with E-state index < -0.39 is 0 Å². The van der Waals surface area contributed by atoms with Gasteiger partial charge in [-0.1, -0.05) is 42.5 Å². The molecule has 0 saturated carbocycles. The zero-order chi connectivity index (χ0) is 12.1. The molecule has 88 valence electrons. The molecule has 1 aromatic rings. The number of hydrogen-bond acceptors (Lipinski definition) is 2. The van der Waals surface area contributed by atoms with Crippen molar-refractivity contribution in [2.75, 3.05) is 5.75 Å². The first kappa shape index (κ1) is 12.0. The van der Waals surface area contributed by atoms with Crippen molar-refractivity contribution in [1.29, 1.82) is 0 Å². The van der Waals surface area contributed by atoms with Crippen molar-refractivity contribution in [1.82, 2.24) is 0 Å². The van der Waals surface area contributed by atoms with Gasteiger partial charge in [-0.3, -0.25) is 4.79 Å². The fraction of sp³-hybridized carbons (Fsp3) is 0.214.